The van der Waals surface area contributed by atoms with Crippen LogP contribution >= 0.6 is 0 Å². The van der Waals surface area contributed by atoms with Gasteiger partial charge >= 0.3 is 17.8 Å². The average Bonchev–Trinajstić information content (AvgIpc) is 3.26. The minimum Gasteiger partial charge on any atom is -0.422 e. The summed E-state index contributed by atoms with van der Waals surface area (Å²) in [5.74, 6) is -2.24. The van der Waals surface area contributed by atoms with Crippen molar-refractivity contribution in [2.24, 2.45) is 0 Å². The number of halogens is 5. The zero-order chi connectivity index (χ0) is 24.7. The molecule has 0 saturated heterocycles. The normalized spacial score (nSPS) is 13.7. The Hall–Kier alpha value is -3.80. The van der Waals surface area contributed by atoms with Crippen molar-refractivity contribution in [1.82, 2.24) is 10.2 Å². The standard InChI is InChI=1S/C22H16F5N3O4/c1-2-21(32,22(25,26)27)19-29-30-20(34-19)28-10-13-9-17-12(8-16(13)24)7-15(18(31)33-17)11-3-5-14(23)6-4-11/h3-9,32H,2,10H2,1H3,(H,28,30)/t21-/m0/s1. The molecule has 0 unspecified atom stereocenters. The number of benzene rings is 2. The number of aromatic nitrogens is 2. The van der Waals surface area contributed by atoms with E-state index in [0.29, 0.717) is 5.56 Å². The Morgan fingerprint density at radius 2 is 1.74 bits per heavy atom. The van der Waals surface area contributed by atoms with Gasteiger partial charge in [-0.3, -0.25) is 0 Å². The van der Waals surface area contributed by atoms with Crippen molar-refractivity contribution in [2.45, 2.75) is 31.7 Å². The smallest absolute Gasteiger partial charge is 0.422 e. The molecule has 1 atom stereocenters. The van der Waals surface area contributed by atoms with Gasteiger partial charge in [0.2, 0.25) is 5.60 Å². The topological polar surface area (TPSA) is 101 Å². The molecule has 4 aromatic rings. The van der Waals surface area contributed by atoms with E-state index in [1.807, 2.05) is 0 Å². The van der Waals surface area contributed by atoms with E-state index in [2.05, 4.69) is 15.5 Å². The largest absolute Gasteiger partial charge is 0.426 e. The Labute approximate surface area is 187 Å². The first-order chi connectivity index (χ1) is 16.0. The van der Waals surface area contributed by atoms with Crippen LogP contribution in [0, 0.1) is 11.6 Å². The lowest BCUT2D eigenvalue weighted by Gasteiger charge is -2.25. The molecule has 4 rings (SSSR count). The van der Waals surface area contributed by atoms with Gasteiger partial charge in [-0.25, -0.2) is 13.6 Å². The molecular formula is C22H16F5N3O4. The first-order valence-electron chi connectivity index (χ1n) is 9.91. The molecule has 0 saturated carbocycles. The molecule has 7 nitrogen and oxygen atoms in total. The highest BCUT2D eigenvalue weighted by molar-refractivity contribution is 5.82. The molecular weight excluding hydrogens is 465 g/mol. The highest BCUT2D eigenvalue weighted by Gasteiger charge is 2.57. The highest BCUT2D eigenvalue weighted by Crippen LogP contribution is 2.41. The number of nitrogens with zero attached hydrogens (tertiary/aromatic N) is 2. The molecule has 12 heteroatoms. The van der Waals surface area contributed by atoms with Crippen molar-refractivity contribution < 1.29 is 35.9 Å². The van der Waals surface area contributed by atoms with Crippen LogP contribution in [-0.2, 0) is 12.1 Å². The Morgan fingerprint density at radius 3 is 2.38 bits per heavy atom. The zero-order valence-corrected chi connectivity index (χ0v) is 17.4. The summed E-state index contributed by atoms with van der Waals surface area (Å²) < 4.78 is 77.4. The molecule has 2 aromatic carbocycles. The quantitative estimate of drug-likeness (QED) is 0.299. The Balaban J connectivity index is 1.58. The second kappa shape index (κ2) is 8.52. The van der Waals surface area contributed by atoms with Gasteiger partial charge < -0.3 is 19.3 Å². The Morgan fingerprint density at radius 1 is 1.03 bits per heavy atom. The van der Waals surface area contributed by atoms with Crippen LogP contribution in [0.3, 0.4) is 0 Å². The molecule has 0 aliphatic heterocycles. The van der Waals surface area contributed by atoms with E-state index in [-0.39, 0.29) is 28.6 Å². The third kappa shape index (κ3) is 4.23. The molecule has 0 aliphatic carbocycles. The average molecular weight is 481 g/mol. The maximum atomic E-state index is 14.7. The predicted octanol–water partition coefficient (Wildman–Crippen LogP) is 4.89. The molecule has 0 aliphatic rings. The van der Waals surface area contributed by atoms with Crippen LogP contribution in [0.2, 0.25) is 0 Å². The first kappa shape index (κ1) is 23.4. The van der Waals surface area contributed by atoms with E-state index in [1.54, 1.807) is 0 Å². The maximum Gasteiger partial charge on any atom is 0.426 e. The minimum absolute atomic E-state index is 0.00786. The molecule has 0 amide bonds. The molecule has 0 fully saturated rings. The number of anilines is 1. The maximum absolute atomic E-state index is 14.7. The Bertz CT molecular complexity index is 1400. The van der Waals surface area contributed by atoms with Crippen LogP contribution < -0.4 is 10.9 Å². The van der Waals surface area contributed by atoms with Gasteiger partial charge in [0.05, 0.1) is 5.56 Å². The van der Waals surface area contributed by atoms with Gasteiger partial charge in [-0.1, -0.05) is 24.2 Å². The predicted molar refractivity (Wildman–Crippen MR) is 110 cm³/mol. The monoisotopic (exact) mass is 481 g/mol. The van der Waals surface area contributed by atoms with Crippen LogP contribution in [0.1, 0.15) is 24.8 Å². The van der Waals surface area contributed by atoms with Crippen molar-refractivity contribution in [3.63, 3.8) is 0 Å². The highest BCUT2D eigenvalue weighted by atomic mass is 19.4. The lowest BCUT2D eigenvalue weighted by Crippen LogP contribution is -2.42. The van der Waals surface area contributed by atoms with E-state index >= 15 is 0 Å². The SMILES string of the molecule is CC[C@](O)(c1nnc(NCc2cc3oc(=O)c(-c4ccc(F)cc4)cc3cc2F)o1)C(F)(F)F. The summed E-state index contributed by atoms with van der Waals surface area (Å²) in [5, 5.41) is 19.2. The number of nitrogens with one attached hydrogen (secondary N) is 1. The summed E-state index contributed by atoms with van der Waals surface area (Å²) in [6.07, 6.45) is -5.79. The van der Waals surface area contributed by atoms with Crippen molar-refractivity contribution in [2.75, 3.05) is 5.32 Å². The summed E-state index contributed by atoms with van der Waals surface area (Å²) in [5.41, 5.74) is -3.49. The van der Waals surface area contributed by atoms with Crippen molar-refractivity contribution in [3.05, 3.63) is 76.0 Å². The van der Waals surface area contributed by atoms with Crippen LogP contribution in [0.4, 0.5) is 28.0 Å². The van der Waals surface area contributed by atoms with Gasteiger partial charge in [0, 0.05) is 17.5 Å². The van der Waals surface area contributed by atoms with Gasteiger partial charge in [0.25, 0.3) is 5.89 Å². The fourth-order valence-corrected chi connectivity index (χ4v) is 3.25. The van der Waals surface area contributed by atoms with E-state index < -0.39 is 47.4 Å². The van der Waals surface area contributed by atoms with Crippen LogP contribution in [0.25, 0.3) is 22.1 Å². The summed E-state index contributed by atoms with van der Waals surface area (Å²) in [6, 6.07) is 8.41. The van der Waals surface area contributed by atoms with Gasteiger partial charge in [0.15, 0.2) is 0 Å². The van der Waals surface area contributed by atoms with Gasteiger partial charge in [-0.15, -0.1) is 5.10 Å². The van der Waals surface area contributed by atoms with E-state index in [1.165, 1.54) is 36.4 Å². The molecule has 178 valence electrons. The third-order valence-electron chi connectivity index (χ3n) is 5.25. The minimum atomic E-state index is -5.04. The number of fused-ring (bicyclic) bond motifs is 1. The van der Waals surface area contributed by atoms with Gasteiger partial charge in [0.1, 0.15) is 17.2 Å². The van der Waals surface area contributed by atoms with Crippen LogP contribution in [-0.4, -0.2) is 21.5 Å². The molecule has 2 aromatic heterocycles. The molecule has 34 heavy (non-hydrogen) atoms. The second-order valence-electron chi connectivity index (χ2n) is 7.41. The zero-order valence-electron chi connectivity index (χ0n) is 17.4. The first-order valence-corrected chi connectivity index (χ1v) is 9.91. The third-order valence-corrected chi connectivity index (χ3v) is 5.25. The number of aliphatic hydroxyl groups is 1. The van der Waals surface area contributed by atoms with Crippen LogP contribution in [0.15, 0.2) is 56.1 Å². The van der Waals surface area contributed by atoms with E-state index in [9.17, 15) is 31.9 Å². The summed E-state index contributed by atoms with van der Waals surface area (Å²) >= 11 is 0. The van der Waals surface area contributed by atoms with Crippen molar-refractivity contribution >= 4 is 17.0 Å². The summed E-state index contributed by atoms with van der Waals surface area (Å²) in [7, 11) is 0. The molecule has 2 heterocycles. The number of rotatable bonds is 6. The van der Waals surface area contributed by atoms with Crippen LogP contribution in [0.5, 0.6) is 0 Å². The molecule has 0 spiro atoms. The number of hydrogen-bond donors (Lipinski definition) is 2. The summed E-state index contributed by atoms with van der Waals surface area (Å²) in [6.45, 7) is 0.800. The Kier molecular flexibility index (Phi) is 5.86. The number of hydrogen-bond acceptors (Lipinski definition) is 7. The molecule has 0 bridgehead atoms. The molecule has 2 N–H and O–H groups in total. The van der Waals surface area contributed by atoms with Crippen molar-refractivity contribution in [1.29, 1.82) is 0 Å². The van der Waals surface area contributed by atoms with Gasteiger partial charge in [-0.2, -0.15) is 13.2 Å². The molecule has 0 radical (unpaired) electrons. The lowest BCUT2D eigenvalue weighted by molar-refractivity contribution is -0.275. The van der Waals surface area contributed by atoms with Gasteiger partial charge in [-0.05, 0) is 42.3 Å². The van der Waals surface area contributed by atoms with E-state index in [0.717, 1.165) is 13.0 Å². The fourth-order valence-electron chi connectivity index (χ4n) is 3.25. The fraction of sp³-hybridized carbons (Fsp3) is 0.227. The summed E-state index contributed by atoms with van der Waals surface area (Å²) in [4.78, 5) is 12.4. The number of alkyl halides is 3. The van der Waals surface area contributed by atoms with Crippen molar-refractivity contribution in [3.8, 4) is 11.1 Å². The lowest BCUT2D eigenvalue weighted by atomic mass is 10.0. The van der Waals surface area contributed by atoms with E-state index in [4.69, 9.17) is 8.83 Å². The second-order valence-corrected chi connectivity index (χ2v) is 7.41.